The topological polar surface area (TPSA) is 48.2 Å². The average Bonchev–Trinajstić information content (AvgIpc) is 2.10. The van der Waals surface area contributed by atoms with Gasteiger partial charge in [-0.25, -0.2) is 0 Å². The van der Waals surface area contributed by atoms with Crippen molar-refractivity contribution in [2.24, 2.45) is 5.92 Å². The second-order valence-electron chi connectivity index (χ2n) is 2.51. The van der Waals surface area contributed by atoms with Crippen LogP contribution in [0.2, 0.25) is 0 Å². The van der Waals surface area contributed by atoms with Gasteiger partial charge in [-0.1, -0.05) is 13.8 Å². The molecule has 0 aliphatic carbocycles. The molecule has 0 saturated heterocycles. The van der Waals surface area contributed by atoms with E-state index in [2.05, 4.69) is 5.32 Å². The Morgan fingerprint density at radius 2 is 1.91 bits per heavy atom. The van der Waals surface area contributed by atoms with Crippen molar-refractivity contribution in [1.82, 2.24) is 0 Å². The molecular formula is C7H8NO2Ru. The monoisotopic (exact) mass is 240 g/mol. The van der Waals surface area contributed by atoms with Gasteiger partial charge in [0, 0.05) is 0 Å². The predicted molar refractivity (Wildman–Crippen MR) is 36.3 cm³/mol. The van der Waals surface area contributed by atoms with E-state index in [1.54, 1.807) is 0 Å². The van der Waals surface area contributed by atoms with Crippen LogP contribution in [-0.2, 0) is 29.1 Å². The molecule has 1 heterocycles. The zero-order chi connectivity index (χ0) is 7.72. The van der Waals surface area contributed by atoms with E-state index in [-0.39, 0.29) is 31.3 Å². The van der Waals surface area contributed by atoms with Gasteiger partial charge in [0.05, 0.1) is 11.8 Å². The van der Waals surface area contributed by atoms with E-state index in [9.17, 15) is 9.59 Å². The second-order valence-corrected chi connectivity index (χ2v) is 2.51. The molecule has 0 atom stereocenters. The maximum atomic E-state index is 10.8. The Morgan fingerprint density at radius 3 is 2.09 bits per heavy atom. The van der Waals surface area contributed by atoms with E-state index in [0.717, 1.165) is 0 Å². The zero-order valence-electron chi connectivity index (χ0n) is 6.27. The van der Waals surface area contributed by atoms with Crippen LogP contribution < -0.4 is 0 Å². The molecule has 0 aromatic heterocycles. The smallest absolute Gasteiger partial charge is 0.588 e. The number of amides is 2. The van der Waals surface area contributed by atoms with Crippen molar-refractivity contribution < 1.29 is 29.1 Å². The zero-order valence-corrected chi connectivity index (χ0v) is 8.01. The number of imide groups is 1. The van der Waals surface area contributed by atoms with Crippen LogP contribution in [0.15, 0.2) is 11.6 Å². The number of nitrogens with zero attached hydrogens (tertiary/aromatic N) is 1. The van der Waals surface area contributed by atoms with Crippen LogP contribution in [0, 0.1) is 5.92 Å². The van der Waals surface area contributed by atoms with Crippen LogP contribution in [0.3, 0.4) is 0 Å². The fourth-order valence-electron chi connectivity index (χ4n) is 0.805. The Kier molecular flexibility index (Phi) is 3.60. The van der Waals surface area contributed by atoms with Gasteiger partial charge in [0.15, 0.2) is 0 Å². The summed E-state index contributed by atoms with van der Waals surface area (Å²) in [6.45, 7) is 3.72. The third-order valence-electron chi connectivity index (χ3n) is 1.36. The molecule has 0 fully saturated rings. The number of rotatable bonds is 1. The first kappa shape index (κ1) is 10.5. The first-order valence-corrected chi connectivity index (χ1v) is 3.13. The third-order valence-corrected chi connectivity index (χ3v) is 1.36. The van der Waals surface area contributed by atoms with E-state index < -0.39 is 5.91 Å². The van der Waals surface area contributed by atoms with Crippen LogP contribution in [0.5, 0.6) is 0 Å². The molecule has 0 spiro atoms. The van der Waals surface area contributed by atoms with Gasteiger partial charge in [0.1, 0.15) is 0 Å². The maximum Gasteiger partial charge on any atom is 1.00 e. The molecule has 0 aromatic carbocycles. The largest absolute Gasteiger partial charge is 1.00 e. The quantitative estimate of drug-likeness (QED) is 0.506. The number of hydrogen-bond donors (Lipinski definition) is 0. The van der Waals surface area contributed by atoms with Crippen molar-refractivity contribution in [3.63, 3.8) is 0 Å². The summed E-state index contributed by atoms with van der Waals surface area (Å²) in [5.74, 6) is -0.698. The molecule has 2 amide bonds. The normalized spacial score (nSPS) is 16.1. The third kappa shape index (κ3) is 2.23. The van der Waals surface area contributed by atoms with Crippen LogP contribution in [0.4, 0.5) is 0 Å². The van der Waals surface area contributed by atoms with E-state index in [4.69, 9.17) is 0 Å². The van der Waals surface area contributed by atoms with Gasteiger partial charge >= 0.3 is 19.5 Å². The van der Waals surface area contributed by atoms with Crippen LogP contribution >= 0.6 is 0 Å². The Hall–Kier alpha value is -0.497. The predicted octanol–water partition coefficient (Wildman–Crippen LogP) is 1.01. The molecule has 0 saturated carbocycles. The summed E-state index contributed by atoms with van der Waals surface area (Å²) in [5.41, 5.74) is 0.519. The first-order chi connectivity index (χ1) is 4.61. The summed E-state index contributed by atoms with van der Waals surface area (Å²) in [7, 11) is 0. The molecule has 0 bridgehead atoms. The number of hydrogen-bond acceptors (Lipinski definition) is 2. The Morgan fingerprint density at radius 1 is 1.36 bits per heavy atom. The molecule has 1 aliphatic rings. The minimum atomic E-state index is -0.422. The van der Waals surface area contributed by atoms with Crippen molar-refractivity contribution in [2.75, 3.05) is 0 Å². The van der Waals surface area contributed by atoms with Gasteiger partial charge in [0.2, 0.25) is 0 Å². The standard InChI is InChI=1S/C7H9NO2.Ru/c1-4(2)5-3-6(9)8-7(5)10;/h3-4H,1-2H3,(H,8,9,10);/q;+1/p-1. The molecule has 3 nitrogen and oxygen atoms in total. The van der Waals surface area contributed by atoms with Crippen molar-refractivity contribution in [1.29, 1.82) is 0 Å². The number of carbonyl (C=O) groups excluding carboxylic acids is 2. The molecule has 1 rings (SSSR count). The molecule has 61 valence electrons. The molecule has 11 heavy (non-hydrogen) atoms. The maximum absolute atomic E-state index is 10.8. The Balaban J connectivity index is 0.000001000. The van der Waals surface area contributed by atoms with Gasteiger partial charge in [-0.15, -0.1) is 0 Å². The summed E-state index contributed by atoms with van der Waals surface area (Å²) < 4.78 is 0. The molecule has 0 N–H and O–H groups in total. The van der Waals surface area contributed by atoms with E-state index in [0.29, 0.717) is 5.57 Å². The van der Waals surface area contributed by atoms with Crippen molar-refractivity contribution >= 4 is 11.8 Å². The molecule has 0 unspecified atom stereocenters. The van der Waals surface area contributed by atoms with Gasteiger partial charge in [-0.3, -0.25) is 0 Å². The van der Waals surface area contributed by atoms with Crippen molar-refractivity contribution in [2.45, 2.75) is 13.8 Å². The SMILES string of the molecule is CC(C)C1=CC(=O)[N-]C1=O.[Ru+]. The van der Waals surface area contributed by atoms with Gasteiger partial charge in [-0.2, -0.15) is 0 Å². The molecule has 4 heteroatoms. The number of carbonyl (C=O) groups is 2. The molecule has 0 aromatic rings. The fourth-order valence-corrected chi connectivity index (χ4v) is 0.805. The van der Waals surface area contributed by atoms with Crippen LogP contribution in [0.25, 0.3) is 5.32 Å². The van der Waals surface area contributed by atoms with Gasteiger partial charge in [-0.05, 0) is 17.6 Å². The van der Waals surface area contributed by atoms with E-state index >= 15 is 0 Å². The minimum Gasteiger partial charge on any atom is -0.588 e. The van der Waals surface area contributed by atoms with E-state index in [1.165, 1.54) is 6.08 Å². The summed E-state index contributed by atoms with van der Waals surface area (Å²) in [6.07, 6.45) is 1.30. The van der Waals surface area contributed by atoms with Crippen molar-refractivity contribution in [3.8, 4) is 0 Å². The summed E-state index contributed by atoms with van der Waals surface area (Å²) in [5, 5.41) is 3.22. The minimum absolute atomic E-state index is 0. The summed E-state index contributed by atoms with van der Waals surface area (Å²) in [6, 6.07) is 0. The van der Waals surface area contributed by atoms with Crippen LogP contribution in [-0.4, -0.2) is 11.8 Å². The summed E-state index contributed by atoms with van der Waals surface area (Å²) >= 11 is 0. The Labute approximate surface area is 78.0 Å². The molecular weight excluding hydrogens is 231 g/mol. The van der Waals surface area contributed by atoms with E-state index in [1.807, 2.05) is 13.8 Å². The second kappa shape index (κ2) is 3.77. The average molecular weight is 239 g/mol. The van der Waals surface area contributed by atoms with Gasteiger partial charge in [0.25, 0.3) is 0 Å². The Bertz CT molecular complexity index is 220. The first-order valence-electron chi connectivity index (χ1n) is 3.13. The molecule has 1 aliphatic heterocycles. The molecule has 1 radical (unpaired) electrons. The van der Waals surface area contributed by atoms with Gasteiger partial charge < -0.3 is 14.9 Å². The summed E-state index contributed by atoms with van der Waals surface area (Å²) in [4.78, 5) is 21.3. The fraction of sp³-hybridized carbons (Fsp3) is 0.429. The van der Waals surface area contributed by atoms with Crippen LogP contribution in [0.1, 0.15) is 13.8 Å². The van der Waals surface area contributed by atoms with Crippen molar-refractivity contribution in [3.05, 3.63) is 17.0 Å².